The van der Waals surface area contributed by atoms with Crippen molar-refractivity contribution in [2.75, 3.05) is 26.2 Å². The fourth-order valence-electron chi connectivity index (χ4n) is 4.62. The van der Waals surface area contributed by atoms with Gasteiger partial charge in [0, 0.05) is 32.7 Å². The average molecular weight is 383 g/mol. The summed E-state index contributed by atoms with van der Waals surface area (Å²) < 4.78 is 27.6. The second-order valence-electron chi connectivity index (χ2n) is 8.24. The summed E-state index contributed by atoms with van der Waals surface area (Å²) in [7, 11) is 0. The Labute approximate surface area is 157 Å². The first-order chi connectivity index (χ1) is 12.8. The fourth-order valence-corrected chi connectivity index (χ4v) is 4.62. The summed E-state index contributed by atoms with van der Waals surface area (Å²) in [6.07, 6.45) is 0.250. The lowest BCUT2D eigenvalue weighted by molar-refractivity contribution is 0.0362. The second kappa shape index (κ2) is 7.01. The molecule has 150 valence electrons. The molecule has 3 fully saturated rings. The number of nitrogens with one attached hydrogen (secondary N) is 1. The van der Waals surface area contributed by atoms with E-state index in [0.717, 1.165) is 25.7 Å². The highest BCUT2D eigenvalue weighted by Crippen LogP contribution is 2.33. The van der Waals surface area contributed by atoms with Crippen LogP contribution in [0.1, 0.15) is 43.5 Å². The number of nitrogens with zero attached hydrogens (tertiary/aromatic N) is 4. The van der Waals surface area contributed by atoms with E-state index in [4.69, 9.17) is 0 Å². The summed E-state index contributed by atoms with van der Waals surface area (Å²) >= 11 is 0. The van der Waals surface area contributed by atoms with Gasteiger partial charge in [-0.3, -0.25) is 10.00 Å². The van der Waals surface area contributed by atoms with Crippen LogP contribution in [0.25, 0.3) is 0 Å². The molecular formula is C18H27F2N5O2. The summed E-state index contributed by atoms with van der Waals surface area (Å²) in [6, 6.07) is 1.49. The molecule has 1 aromatic heterocycles. The van der Waals surface area contributed by atoms with Crippen molar-refractivity contribution in [3.05, 3.63) is 17.5 Å². The van der Waals surface area contributed by atoms with Crippen LogP contribution < -0.4 is 5.32 Å². The molecule has 1 aromatic rings. The van der Waals surface area contributed by atoms with Gasteiger partial charge in [-0.25, -0.2) is 13.6 Å². The van der Waals surface area contributed by atoms with Crippen molar-refractivity contribution in [3.8, 4) is 0 Å². The van der Waals surface area contributed by atoms with Crippen LogP contribution in [0.4, 0.5) is 13.6 Å². The summed E-state index contributed by atoms with van der Waals surface area (Å²) in [5, 5.41) is 17.0. The number of hydrogen-bond donors (Lipinski definition) is 2. The third-order valence-corrected chi connectivity index (χ3v) is 6.10. The first-order valence-corrected chi connectivity index (χ1v) is 9.67. The Hall–Kier alpha value is -1.74. The molecule has 2 amide bonds. The van der Waals surface area contributed by atoms with Crippen LogP contribution in [0.2, 0.25) is 0 Å². The van der Waals surface area contributed by atoms with Crippen molar-refractivity contribution in [1.29, 1.82) is 0 Å². The summed E-state index contributed by atoms with van der Waals surface area (Å²) in [5.41, 5.74) is 0.482. The van der Waals surface area contributed by atoms with Crippen LogP contribution in [0.15, 0.2) is 6.07 Å². The molecule has 9 heteroatoms. The fraction of sp³-hybridized carbons (Fsp3) is 0.778. The van der Waals surface area contributed by atoms with Gasteiger partial charge in [0.05, 0.1) is 11.2 Å². The number of urea groups is 1. The maximum Gasteiger partial charge on any atom is 0.320 e. The Morgan fingerprint density at radius 3 is 2.63 bits per heavy atom. The van der Waals surface area contributed by atoms with Crippen LogP contribution in [0.5, 0.6) is 0 Å². The van der Waals surface area contributed by atoms with Crippen molar-refractivity contribution in [2.45, 2.75) is 57.3 Å². The van der Waals surface area contributed by atoms with Gasteiger partial charge in [-0.05, 0) is 44.6 Å². The molecular weight excluding hydrogens is 356 g/mol. The van der Waals surface area contributed by atoms with Gasteiger partial charge < -0.3 is 14.9 Å². The van der Waals surface area contributed by atoms with Gasteiger partial charge in [0.15, 0.2) is 0 Å². The monoisotopic (exact) mass is 383 g/mol. The van der Waals surface area contributed by atoms with E-state index in [1.807, 2.05) is 9.80 Å². The molecule has 4 rings (SSSR count). The smallest absolute Gasteiger partial charge is 0.320 e. The normalized spacial score (nSPS) is 25.4. The number of aliphatic hydroxyl groups is 1. The molecule has 0 saturated carbocycles. The minimum atomic E-state index is -2.52. The zero-order valence-electron chi connectivity index (χ0n) is 15.6. The number of alkyl halides is 2. The molecule has 0 aliphatic carbocycles. The van der Waals surface area contributed by atoms with E-state index in [1.54, 1.807) is 6.92 Å². The third-order valence-electron chi connectivity index (χ3n) is 6.10. The number of aliphatic hydroxyl groups excluding tert-OH is 1. The molecule has 3 aliphatic heterocycles. The number of carbonyl (C=O) groups excluding carboxylic acids is 1. The number of likely N-dealkylation sites (tertiary alicyclic amines) is 2. The standard InChI is InChI=1S/C18H27F2N5O2/c1-12-8-14(16(19)20)25(22-12)9-13-3-6-23(7-4-13)17(27)24-10-18(11-24)5-2-15(26)21-18/h8,13,15-16,21,26H,2-7,9-11H2,1H3. The van der Waals surface area contributed by atoms with Crippen LogP contribution in [-0.2, 0) is 6.54 Å². The Kier molecular flexibility index (Phi) is 4.84. The van der Waals surface area contributed by atoms with E-state index in [-0.39, 0.29) is 23.2 Å². The second-order valence-corrected chi connectivity index (χ2v) is 8.24. The van der Waals surface area contributed by atoms with E-state index in [0.29, 0.717) is 38.4 Å². The molecule has 2 N–H and O–H groups in total. The topological polar surface area (TPSA) is 73.6 Å². The summed E-state index contributed by atoms with van der Waals surface area (Å²) in [5.74, 6) is 0.250. The van der Waals surface area contributed by atoms with Crippen LogP contribution in [0.3, 0.4) is 0 Å². The number of hydrogen-bond acceptors (Lipinski definition) is 4. The van der Waals surface area contributed by atoms with Gasteiger partial charge in [0.2, 0.25) is 0 Å². The van der Waals surface area contributed by atoms with E-state index in [2.05, 4.69) is 10.4 Å². The van der Waals surface area contributed by atoms with Crippen molar-refractivity contribution >= 4 is 6.03 Å². The average Bonchev–Trinajstić information content (AvgIpc) is 3.16. The number of carbonyl (C=O) groups is 1. The number of amides is 2. The van der Waals surface area contributed by atoms with Crippen LogP contribution >= 0.6 is 0 Å². The number of halogens is 2. The third kappa shape index (κ3) is 3.67. The Morgan fingerprint density at radius 2 is 2.04 bits per heavy atom. The van der Waals surface area contributed by atoms with Crippen LogP contribution in [-0.4, -0.2) is 68.7 Å². The summed E-state index contributed by atoms with van der Waals surface area (Å²) in [4.78, 5) is 16.3. The Bertz CT molecular complexity index is 696. The van der Waals surface area contributed by atoms with Crippen molar-refractivity contribution in [2.24, 2.45) is 5.92 Å². The maximum absolute atomic E-state index is 13.1. The molecule has 1 atom stereocenters. The van der Waals surface area contributed by atoms with Gasteiger partial charge in [-0.15, -0.1) is 0 Å². The molecule has 0 radical (unpaired) electrons. The number of piperidine rings is 1. The highest BCUT2D eigenvalue weighted by Gasteiger charge is 2.50. The van der Waals surface area contributed by atoms with E-state index in [1.165, 1.54) is 10.7 Å². The Morgan fingerprint density at radius 1 is 1.33 bits per heavy atom. The molecule has 27 heavy (non-hydrogen) atoms. The van der Waals surface area contributed by atoms with Gasteiger partial charge in [-0.1, -0.05) is 0 Å². The quantitative estimate of drug-likeness (QED) is 0.834. The molecule has 3 aliphatic rings. The lowest BCUT2D eigenvalue weighted by atomic mass is 9.88. The number of aromatic nitrogens is 2. The predicted octanol–water partition coefficient (Wildman–Crippen LogP) is 1.72. The van der Waals surface area contributed by atoms with E-state index < -0.39 is 12.7 Å². The highest BCUT2D eigenvalue weighted by atomic mass is 19.3. The van der Waals surface area contributed by atoms with Crippen molar-refractivity contribution in [3.63, 3.8) is 0 Å². The number of aryl methyl sites for hydroxylation is 1. The first kappa shape index (κ1) is 18.6. The van der Waals surface area contributed by atoms with Crippen molar-refractivity contribution < 1.29 is 18.7 Å². The molecule has 7 nitrogen and oxygen atoms in total. The molecule has 0 bridgehead atoms. The SMILES string of the molecule is Cc1cc(C(F)F)n(CC2CCN(C(=O)N3CC4(CCC(O)N4)C3)CC2)n1. The zero-order chi connectivity index (χ0) is 19.2. The minimum Gasteiger partial charge on any atom is -0.379 e. The largest absolute Gasteiger partial charge is 0.379 e. The predicted molar refractivity (Wildman–Crippen MR) is 94.3 cm³/mol. The zero-order valence-corrected chi connectivity index (χ0v) is 15.6. The lowest BCUT2D eigenvalue weighted by Crippen LogP contribution is -2.70. The van der Waals surface area contributed by atoms with Gasteiger partial charge in [-0.2, -0.15) is 5.10 Å². The molecule has 4 heterocycles. The van der Waals surface area contributed by atoms with E-state index >= 15 is 0 Å². The van der Waals surface area contributed by atoms with Gasteiger partial charge in [0.1, 0.15) is 11.9 Å². The lowest BCUT2D eigenvalue weighted by Gasteiger charge is -2.50. The Balaban J connectivity index is 1.26. The van der Waals surface area contributed by atoms with Gasteiger partial charge in [0.25, 0.3) is 6.43 Å². The molecule has 0 aromatic carbocycles. The highest BCUT2D eigenvalue weighted by molar-refractivity contribution is 5.76. The summed E-state index contributed by atoms with van der Waals surface area (Å²) in [6.45, 7) is 4.78. The van der Waals surface area contributed by atoms with Crippen molar-refractivity contribution in [1.82, 2.24) is 24.9 Å². The molecule has 3 saturated heterocycles. The molecule has 1 unspecified atom stereocenters. The maximum atomic E-state index is 13.1. The van der Waals surface area contributed by atoms with Crippen LogP contribution in [0, 0.1) is 12.8 Å². The molecule has 1 spiro atoms. The number of rotatable bonds is 3. The minimum absolute atomic E-state index is 0.0249. The van der Waals surface area contributed by atoms with Gasteiger partial charge >= 0.3 is 6.03 Å². The van der Waals surface area contributed by atoms with E-state index in [9.17, 15) is 18.7 Å². The first-order valence-electron chi connectivity index (χ1n) is 9.67.